The van der Waals surface area contributed by atoms with Gasteiger partial charge in [-0.05, 0) is 50.6 Å². The molecule has 2 unspecified atom stereocenters. The molecule has 2 saturated heterocycles. The molecular weight excluding hydrogens is 265 g/mol. The van der Waals surface area contributed by atoms with Gasteiger partial charge < -0.3 is 10.2 Å². The highest BCUT2D eigenvalue weighted by Crippen LogP contribution is 2.31. The zero-order valence-electron chi connectivity index (χ0n) is 13.1. The maximum absolute atomic E-state index is 14.5. The van der Waals surface area contributed by atoms with Gasteiger partial charge in [0, 0.05) is 31.7 Å². The first-order valence-corrected chi connectivity index (χ1v) is 8.15. The van der Waals surface area contributed by atoms with Gasteiger partial charge in [0.2, 0.25) is 0 Å². The van der Waals surface area contributed by atoms with E-state index in [2.05, 4.69) is 29.1 Å². The molecule has 3 nitrogen and oxygen atoms in total. The molecule has 0 aromatic heterocycles. The van der Waals surface area contributed by atoms with Crippen molar-refractivity contribution >= 4 is 5.69 Å². The second kappa shape index (κ2) is 6.32. The number of benzene rings is 1. The maximum Gasteiger partial charge on any atom is 0.146 e. The molecule has 2 aliphatic heterocycles. The minimum Gasteiger partial charge on any atom is -0.368 e. The average Bonchev–Trinajstić information content (AvgIpc) is 2.71. The third-order valence-corrected chi connectivity index (χ3v) is 5.08. The lowest BCUT2D eigenvalue weighted by molar-refractivity contribution is 0.254. The molecule has 3 rings (SSSR count). The van der Waals surface area contributed by atoms with Gasteiger partial charge in [-0.15, -0.1) is 0 Å². The summed E-state index contributed by atoms with van der Waals surface area (Å²) in [5.41, 5.74) is 1.79. The quantitative estimate of drug-likeness (QED) is 0.920. The predicted octanol–water partition coefficient (Wildman–Crippen LogP) is 2.61. The van der Waals surface area contributed by atoms with Crippen LogP contribution in [-0.2, 0) is 6.54 Å². The topological polar surface area (TPSA) is 18.5 Å². The van der Waals surface area contributed by atoms with E-state index in [-0.39, 0.29) is 5.82 Å². The van der Waals surface area contributed by atoms with Crippen molar-refractivity contribution in [1.29, 1.82) is 0 Å². The molecule has 0 saturated carbocycles. The minimum atomic E-state index is -0.0779. The Labute approximate surface area is 127 Å². The zero-order valence-corrected chi connectivity index (χ0v) is 13.1. The van der Waals surface area contributed by atoms with Crippen molar-refractivity contribution in [2.45, 2.75) is 44.8 Å². The summed E-state index contributed by atoms with van der Waals surface area (Å²) < 4.78 is 14.5. The minimum absolute atomic E-state index is 0.0779. The Balaban J connectivity index is 1.74. The normalized spacial score (nSPS) is 26.1. The fourth-order valence-corrected chi connectivity index (χ4v) is 3.71. The van der Waals surface area contributed by atoms with Gasteiger partial charge >= 0.3 is 0 Å². The van der Waals surface area contributed by atoms with Crippen LogP contribution in [0.3, 0.4) is 0 Å². The van der Waals surface area contributed by atoms with E-state index < -0.39 is 0 Å². The van der Waals surface area contributed by atoms with Crippen LogP contribution in [0.15, 0.2) is 18.2 Å². The molecule has 1 aromatic carbocycles. The predicted molar refractivity (Wildman–Crippen MR) is 85.2 cm³/mol. The Morgan fingerprint density at radius 1 is 1.24 bits per heavy atom. The lowest BCUT2D eigenvalue weighted by Crippen LogP contribution is -2.37. The molecule has 2 atom stereocenters. The van der Waals surface area contributed by atoms with Crippen LogP contribution in [0, 0.1) is 5.82 Å². The molecule has 4 heteroatoms. The molecule has 0 amide bonds. The van der Waals surface area contributed by atoms with Gasteiger partial charge in [-0.25, -0.2) is 4.39 Å². The van der Waals surface area contributed by atoms with Crippen LogP contribution in [0.5, 0.6) is 0 Å². The number of hydrogen-bond donors (Lipinski definition) is 1. The van der Waals surface area contributed by atoms with E-state index in [1.807, 2.05) is 12.1 Å². The number of nitrogens with zero attached hydrogens (tertiary/aromatic N) is 2. The number of hydrogen-bond acceptors (Lipinski definition) is 3. The summed E-state index contributed by atoms with van der Waals surface area (Å²) in [5, 5.41) is 3.24. The number of nitrogens with one attached hydrogen (secondary N) is 1. The highest BCUT2D eigenvalue weighted by molar-refractivity contribution is 5.49. The van der Waals surface area contributed by atoms with Crippen molar-refractivity contribution in [3.8, 4) is 0 Å². The molecule has 2 bridgehead atoms. The molecule has 116 valence electrons. The van der Waals surface area contributed by atoms with E-state index >= 15 is 0 Å². The summed E-state index contributed by atoms with van der Waals surface area (Å²) >= 11 is 0. The first kappa shape index (κ1) is 14.8. The van der Waals surface area contributed by atoms with E-state index in [4.69, 9.17) is 0 Å². The molecule has 1 N–H and O–H groups in total. The van der Waals surface area contributed by atoms with Crippen molar-refractivity contribution in [2.75, 3.05) is 31.6 Å². The van der Waals surface area contributed by atoms with Crippen molar-refractivity contribution in [2.24, 2.45) is 0 Å². The van der Waals surface area contributed by atoms with Gasteiger partial charge in [-0.3, -0.25) is 4.90 Å². The van der Waals surface area contributed by atoms with Crippen LogP contribution in [0.2, 0.25) is 0 Å². The van der Waals surface area contributed by atoms with Gasteiger partial charge in [0.1, 0.15) is 5.82 Å². The molecule has 0 spiro atoms. The van der Waals surface area contributed by atoms with Crippen LogP contribution in [0.4, 0.5) is 10.1 Å². The van der Waals surface area contributed by atoms with E-state index in [9.17, 15) is 4.39 Å². The van der Waals surface area contributed by atoms with Gasteiger partial charge in [0.05, 0.1) is 5.69 Å². The first-order chi connectivity index (χ1) is 10.2. The third kappa shape index (κ3) is 3.06. The van der Waals surface area contributed by atoms with Crippen molar-refractivity contribution in [3.63, 3.8) is 0 Å². The van der Waals surface area contributed by atoms with Crippen LogP contribution < -0.4 is 10.2 Å². The lowest BCUT2D eigenvalue weighted by atomic mass is 10.1. The summed E-state index contributed by atoms with van der Waals surface area (Å²) in [7, 11) is 2.22. The fraction of sp³-hybridized carbons (Fsp3) is 0.647. The fourth-order valence-electron chi connectivity index (χ4n) is 3.71. The van der Waals surface area contributed by atoms with E-state index in [1.165, 1.54) is 12.8 Å². The molecule has 2 heterocycles. The monoisotopic (exact) mass is 291 g/mol. The first-order valence-electron chi connectivity index (χ1n) is 8.15. The molecule has 0 aliphatic carbocycles. The van der Waals surface area contributed by atoms with E-state index in [0.29, 0.717) is 12.1 Å². The van der Waals surface area contributed by atoms with Crippen LogP contribution in [0.25, 0.3) is 0 Å². The lowest BCUT2D eigenvalue weighted by Gasteiger charge is -2.28. The van der Waals surface area contributed by atoms with Crippen LogP contribution in [-0.4, -0.2) is 43.7 Å². The Kier molecular flexibility index (Phi) is 4.45. The van der Waals surface area contributed by atoms with E-state index in [0.717, 1.165) is 43.9 Å². The summed E-state index contributed by atoms with van der Waals surface area (Å²) in [6.45, 7) is 5.63. The van der Waals surface area contributed by atoms with Crippen LogP contribution in [0.1, 0.15) is 31.7 Å². The number of anilines is 1. The molecular formula is C17H26FN3. The molecule has 21 heavy (non-hydrogen) atoms. The number of halogens is 1. The van der Waals surface area contributed by atoms with Crippen molar-refractivity contribution in [1.82, 2.24) is 10.2 Å². The molecule has 0 radical (unpaired) electrons. The molecule has 2 aliphatic rings. The Hall–Kier alpha value is -1.13. The highest BCUT2D eigenvalue weighted by Gasteiger charge is 2.35. The zero-order chi connectivity index (χ0) is 14.8. The van der Waals surface area contributed by atoms with Gasteiger partial charge in [-0.1, -0.05) is 13.0 Å². The maximum atomic E-state index is 14.5. The standard InChI is InChI=1S/C17H26FN3/c1-3-19-11-13-4-7-17(16(18)10-13)21-9-8-14-5-6-15(12-21)20(14)2/h4,7,10,14-15,19H,3,5-6,8-9,11-12H2,1-2H3. The van der Waals surface area contributed by atoms with Crippen LogP contribution >= 0.6 is 0 Å². The Morgan fingerprint density at radius 2 is 2.05 bits per heavy atom. The summed E-state index contributed by atoms with van der Waals surface area (Å²) in [5.74, 6) is -0.0779. The van der Waals surface area contributed by atoms with Gasteiger partial charge in [0.25, 0.3) is 0 Å². The number of rotatable bonds is 4. The number of fused-ring (bicyclic) bond motifs is 2. The third-order valence-electron chi connectivity index (χ3n) is 5.08. The van der Waals surface area contributed by atoms with Crippen molar-refractivity contribution in [3.05, 3.63) is 29.6 Å². The largest absolute Gasteiger partial charge is 0.368 e. The smallest absolute Gasteiger partial charge is 0.146 e. The van der Waals surface area contributed by atoms with Crippen molar-refractivity contribution < 1.29 is 4.39 Å². The summed E-state index contributed by atoms with van der Waals surface area (Å²) in [6.07, 6.45) is 3.70. The second-order valence-corrected chi connectivity index (χ2v) is 6.35. The van der Waals surface area contributed by atoms with Gasteiger partial charge in [0.15, 0.2) is 0 Å². The SMILES string of the molecule is CCNCc1ccc(N2CCC3CCC(C2)N3C)c(F)c1. The summed E-state index contributed by atoms with van der Waals surface area (Å²) in [6, 6.07) is 6.97. The summed E-state index contributed by atoms with van der Waals surface area (Å²) in [4.78, 5) is 4.74. The van der Waals surface area contributed by atoms with Gasteiger partial charge in [-0.2, -0.15) is 0 Å². The van der Waals surface area contributed by atoms with E-state index in [1.54, 1.807) is 6.07 Å². The molecule has 2 fully saturated rings. The highest BCUT2D eigenvalue weighted by atomic mass is 19.1. The number of likely N-dealkylation sites (N-methyl/N-ethyl adjacent to an activating group) is 1. The second-order valence-electron chi connectivity index (χ2n) is 6.35. The molecule has 1 aromatic rings. The Morgan fingerprint density at radius 3 is 2.81 bits per heavy atom. The average molecular weight is 291 g/mol. The Bertz CT molecular complexity index is 491.